The summed E-state index contributed by atoms with van der Waals surface area (Å²) in [6.45, 7) is 1.64. The third kappa shape index (κ3) is 6.44. The molecule has 176 valence electrons. The smallest absolute Gasteiger partial charge is 0.311 e. The van der Waals surface area contributed by atoms with Gasteiger partial charge in [0.05, 0.1) is 12.0 Å². The molecule has 1 fully saturated rings. The fourth-order valence-electron chi connectivity index (χ4n) is 3.88. The van der Waals surface area contributed by atoms with Gasteiger partial charge in [-0.25, -0.2) is 0 Å². The minimum absolute atomic E-state index is 0.0374. The molecule has 1 aliphatic rings. The van der Waals surface area contributed by atoms with Gasteiger partial charge in [0.2, 0.25) is 11.7 Å². The molecular formula is C24H29N3O6. The highest BCUT2D eigenvalue weighted by Gasteiger charge is 2.29. The van der Waals surface area contributed by atoms with Gasteiger partial charge < -0.3 is 19.7 Å². The Bertz CT molecular complexity index is 975. The van der Waals surface area contributed by atoms with Crippen molar-refractivity contribution in [3.63, 3.8) is 0 Å². The van der Waals surface area contributed by atoms with Crippen molar-refractivity contribution in [3.05, 3.63) is 64.2 Å². The zero-order valence-electron chi connectivity index (χ0n) is 18.9. The average Bonchev–Trinajstić information content (AvgIpc) is 3.33. The number of nitro benzene ring substituents is 1. The van der Waals surface area contributed by atoms with E-state index in [0.717, 1.165) is 31.2 Å². The van der Waals surface area contributed by atoms with Crippen LogP contribution in [0.1, 0.15) is 38.2 Å². The summed E-state index contributed by atoms with van der Waals surface area (Å²) < 4.78 is 10.6. The highest BCUT2D eigenvalue weighted by molar-refractivity contribution is 5.88. The number of carbonyl (C=O) groups is 2. The number of nitro groups is 1. The van der Waals surface area contributed by atoms with Gasteiger partial charge in [-0.15, -0.1) is 0 Å². The van der Waals surface area contributed by atoms with Crippen LogP contribution in [0.5, 0.6) is 11.5 Å². The van der Waals surface area contributed by atoms with Crippen LogP contribution in [0.3, 0.4) is 0 Å². The van der Waals surface area contributed by atoms with Crippen LogP contribution in [0.25, 0.3) is 0 Å². The first-order valence-electron chi connectivity index (χ1n) is 11.0. The number of carbonyl (C=O) groups excluding carboxylic acids is 2. The summed E-state index contributed by atoms with van der Waals surface area (Å²) in [5.74, 6) is -0.266. The van der Waals surface area contributed by atoms with Crippen LogP contribution < -0.4 is 14.8 Å². The fourth-order valence-corrected chi connectivity index (χ4v) is 3.88. The molecule has 0 spiro atoms. The van der Waals surface area contributed by atoms with Gasteiger partial charge in [-0.2, -0.15) is 0 Å². The van der Waals surface area contributed by atoms with Crippen LogP contribution in [0.4, 0.5) is 5.69 Å². The van der Waals surface area contributed by atoms with E-state index in [1.165, 1.54) is 30.2 Å². The Morgan fingerprint density at radius 3 is 2.52 bits per heavy atom. The lowest BCUT2D eigenvalue weighted by atomic mass is 10.1. The summed E-state index contributed by atoms with van der Waals surface area (Å²) >= 11 is 0. The lowest BCUT2D eigenvalue weighted by Crippen LogP contribution is -2.50. The molecular weight excluding hydrogens is 426 g/mol. The SMILES string of the molecule is COc1cc(OCC(=O)N(Cc2ccccc2)C(C)C(=O)NC2CCCC2)ccc1[N+](=O)[O-]. The number of nitrogens with one attached hydrogen (secondary N) is 1. The maximum absolute atomic E-state index is 13.1. The van der Waals surface area contributed by atoms with E-state index in [1.807, 2.05) is 30.3 Å². The first kappa shape index (κ1) is 24.0. The molecule has 9 heteroatoms. The highest BCUT2D eigenvalue weighted by Crippen LogP contribution is 2.30. The fraction of sp³-hybridized carbons (Fsp3) is 0.417. The molecule has 9 nitrogen and oxygen atoms in total. The van der Waals surface area contributed by atoms with E-state index in [9.17, 15) is 19.7 Å². The van der Waals surface area contributed by atoms with Crippen LogP contribution in [-0.2, 0) is 16.1 Å². The van der Waals surface area contributed by atoms with Gasteiger partial charge in [0.15, 0.2) is 6.61 Å². The maximum Gasteiger partial charge on any atom is 0.311 e. The summed E-state index contributed by atoms with van der Waals surface area (Å²) in [7, 11) is 1.32. The molecule has 2 aromatic carbocycles. The first-order chi connectivity index (χ1) is 15.9. The largest absolute Gasteiger partial charge is 0.490 e. The molecule has 1 N–H and O–H groups in total. The van der Waals surface area contributed by atoms with Gasteiger partial charge in [-0.05, 0) is 31.4 Å². The first-order valence-corrected chi connectivity index (χ1v) is 11.0. The molecule has 1 aliphatic carbocycles. The number of ether oxygens (including phenoxy) is 2. The zero-order chi connectivity index (χ0) is 23.8. The number of benzene rings is 2. The van der Waals surface area contributed by atoms with Crippen LogP contribution in [0, 0.1) is 10.1 Å². The molecule has 0 heterocycles. The van der Waals surface area contributed by atoms with Crippen molar-refractivity contribution >= 4 is 17.5 Å². The molecule has 0 radical (unpaired) electrons. The molecule has 0 saturated heterocycles. The molecule has 0 aromatic heterocycles. The van der Waals surface area contributed by atoms with E-state index in [-0.39, 0.29) is 48.2 Å². The van der Waals surface area contributed by atoms with Crippen molar-refractivity contribution in [2.45, 2.75) is 51.2 Å². The Morgan fingerprint density at radius 1 is 1.18 bits per heavy atom. The quantitative estimate of drug-likeness (QED) is 0.434. The summed E-state index contributed by atoms with van der Waals surface area (Å²) in [5, 5.41) is 14.1. The predicted molar refractivity (Wildman–Crippen MR) is 122 cm³/mol. The van der Waals surface area contributed by atoms with Crippen molar-refractivity contribution in [1.29, 1.82) is 0 Å². The van der Waals surface area contributed by atoms with Gasteiger partial charge in [0.25, 0.3) is 5.91 Å². The van der Waals surface area contributed by atoms with Crippen LogP contribution in [0.15, 0.2) is 48.5 Å². The van der Waals surface area contributed by atoms with E-state index in [4.69, 9.17) is 9.47 Å². The second kappa shape index (κ2) is 11.3. The lowest BCUT2D eigenvalue weighted by molar-refractivity contribution is -0.385. The van der Waals surface area contributed by atoms with Crippen molar-refractivity contribution in [1.82, 2.24) is 10.2 Å². The molecule has 33 heavy (non-hydrogen) atoms. The number of hydrogen-bond donors (Lipinski definition) is 1. The van der Waals surface area contributed by atoms with Crippen molar-refractivity contribution in [2.75, 3.05) is 13.7 Å². The average molecular weight is 456 g/mol. The van der Waals surface area contributed by atoms with E-state index < -0.39 is 11.0 Å². The Morgan fingerprint density at radius 2 is 1.88 bits per heavy atom. The molecule has 3 rings (SSSR count). The topological polar surface area (TPSA) is 111 Å². The second-order valence-electron chi connectivity index (χ2n) is 8.05. The van der Waals surface area contributed by atoms with Crippen LogP contribution in [-0.4, -0.2) is 47.4 Å². The molecule has 0 bridgehead atoms. The van der Waals surface area contributed by atoms with Gasteiger partial charge in [-0.3, -0.25) is 19.7 Å². The van der Waals surface area contributed by atoms with Crippen molar-refractivity contribution < 1.29 is 24.0 Å². The number of hydrogen-bond acceptors (Lipinski definition) is 6. The standard InChI is InChI=1S/C24H29N3O6/c1-17(24(29)25-19-10-6-7-11-19)26(15-18-8-4-3-5-9-18)23(28)16-33-20-12-13-21(27(30)31)22(14-20)32-2/h3-5,8-9,12-14,17,19H,6-7,10-11,15-16H2,1-2H3,(H,25,29). The third-order valence-electron chi connectivity index (χ3n) is 5.77. The Labute approximate surface area is 192 Å². The van der Waals surface area contributed by atoms with Crippen LogP contribution in [0.2, 0.25) is 0 Å². The minimum Gasteiger partial charge on any atom is -0.490 e. The second-order valence-corrected chi connectivity index (χ2v) is 8.05. The molecule has 2 aromatic rings. The minimum atomic E-state index is -0.687. The monoisotopic (exact) mass is 455 g/mol. The van der Waals surface area contributed by atoms with E-state index in [1.54, 1.807) is 6.92 Å². The Balaban J connectivity index is 1.71. The highest BCUT2D eigenvalue weighted by atomic mass is 16.6. The van der Waals surface area contributed by atoms with E-state index in [2.05, 4.69) is 5.32 Å². The molecule has 1 saturated carbocycles. The number of amides is 2. The Kier molecular flexibility index (Phi) is 8.23. The summed E-state index contributed by atoms with van der Waals surface area (Å²) in [6, 6.07) is 12.9. The number of nitrogens with zero attached hydrogens (tertiary/aromatic N) is 2. The zero-order valence-corrected chi connectivity index (χ0v) is 18.9. The molecule has 2 amide bonds. The molecule has 1 unspecified atom stereocenters. The van der Waals surface area contributed by atoms with E-state index >= 15 is 0 Å². The lowest BCUT2D eigenvalue weighted by Gasteiger charge is -2.29. The number of methoxy groups -OCH3 is 1. The number of rotatable bonds is 10. The predicted octanol–water partition coefficient (Wildman–Crippen LogP) is 3.46. The Hall–Kier alpha value is -3.62. The van der Waals surface area contributed by atoms with Crippen molar-refractivity contribution in [2.24, 2.45) is 0 Å². The maximum atomic E-state index is 13.1. The summed E-state index contributed by atoms with van der Waals surface area (Å²) in [6.07, 6.45) is 4.10. The van der Waals surface area contributed by atoms with Gasteiger partial charge in [-0.1, -0.05) is 43.2 Å². The van der Waals surface area contributed by atoms with Crippen LogP contribution >= 0.6 is 0 Å². The molecule has 1 atom stereocenters. The van der Waals surface area contributed by atoms with Gasteiger partial charge in [0, 0.05) is 24.7 Å². The third-order valence-corrected chi connectivity index (χ3v) is 5.77. The van der Waals surface area contributed by atoms with Gasteiger partial charge in [0.1, 0.15) is 11.8 Å². The summed E-state index contributed by atoms with van der Waals surface area (Å²) in [5.41, 5.74) is 0.697. The van der Waals surface area contributed by atoms with E-state index in [0.29, 0.717) is 0 Å². The van der Waals surface area contributed by atoms with Gasteiger partial charge >= 0.3 is 5.69 Å². The normalized spacial score (nSPS) is 14.4. The van der Waals surface area contributed by atoms with Crippen molar-refractivity contribution in [3.8, 4) is 11.5 Å². The molecule has 0 aliphatic heterocycles. The summed E-state index contributed by atoms with van der Waals surface area (Å²) in [4.78, 5) is 38.0.